The number of rotatable bonds is 3. The number of phenolic OH excluding ortho intramolecular Hbond substituents is 1. The highest BCUT2D eigenvalue weighted by Gasteiger charge is 2.21. The van der Waals surface area contributed by atoms with Gasteiger partial charge in [0.1, 0.15) is 18.0 Å². The summed E-state index contributed by atoms with van der Waals surface area (Å²) in [6.07, 6.45) is -2.69. The van der Waals surface area contributed by atoms with Gasteiger partial charge < -0.3 is 20.4 Å². The van der Waals surface area contributed by atoms with Gasteiger partial charge >= 0.3 is 0 Å². The highest BCUT2D eigenvalue weighted by Crippen LogP contribution is 2.34. The van der Waals surface area contributed by atoms with Gasteiger partial charge in [-0.05, 0) is 6.07 Å². The Kier molecular flexibility index (Phi) is 4.19. The molecule has 84 valence electrons. The Morgan fingerprint density at radius 2 is 1.73 bits per heavy atom. The number of halogens is 2. The van der Waals surface area contributed by atoms with Gasteiger partial charge in [0.2, 0.25) is 0 Å². The fourth-order valence-electron chi connectivity index (χ4n) is 1.09. The molecule has 0 fully saturated rings. The van der Waals surface area contributed by atoms with Crippen molar-refractivity contribution in [1.29, 1.82) is 0 Å². The standard InChI is InChI=1S/C9H10Cl2O4/c10-5-2-7(13)6(11)1-4(5)9(15)8(14)3-12/h1-2,8-9,12-15H,3H2. The molecule has 0 aliphatic rings. The second kappa shape index (κ2) is 5.01. The quantitative estimate of drug-likeness (QED) is 0.649. The zero-order chi connectivity index (χ0) is 11.6. The van der Waals surface area contributed by atoms with E-state index in [0.29, 0.717) is 0 Å². The first-order valence-electron chi connectivity index (χ1n) is 4.12. The number of benzene rings is 1. The van der Waals surface area contributed by atoms with Crippen LogP contribution in [0.5, 0.6) is 5.75 Å². The van der Waals surface area contributed by atoms with Crippen molar-refractivity contribution in [2.75, 3.05) is 6.61 Å². The van der Waals surface area contributed by atoms with E-state index in [0.717, 1.165) is 6.07 Å². The van der Waals surface area contributed by atoms with Gasteiger partial charge in [-0.15, -0.1) is 0 Å². The summed E-state index contributed by atoms with van der Waals surface area (Å²) in [5.41, 5.74) is 0.154. The summed E-state index contributed by atoms with van der Waals surface area (Å²) in [7, 11) is 0. The summed E-state index contributed by atoms with van der Waals surface area (Å²) in [5.74, 6) is -0.212. The van der Waals surface area contributed by atoms with Crippen molar-refractivity contribution in [2.45, 2.75) is 12.2 Å². The van der Waals surface area contributed by atoms with E-state index in [1.54, 1.807) is 0 Å². The summed E-state index contributed by atoms with van der Waals surface area (Å²) in [5, 5.41) is 36.7. The third-order valence-corrected chi connectivity index (χ3v) is 2.57. The molecular weight excluding hydrogens is 243 g/mol. The summed E-state index contributed by atoms with van der Waals surface area (Å²) in [4.78, 5) is 0. The molecule has 0 spiro atoms. The zero-order valence-electron chi connectivity index (χ0n) is 7.56. The minimum Gasteiger partial charge on any atom is -0.506 e. The topological polar surface area (TPSA) is 80.9 Å². The van der Waals surface area contributed by atoms with Crippen molar-refractivity contribution in [3.63, 3.8) is 0 Å². The third kappa shape index (κ3) is 2.74. The maximum absolute atomic E-state index is 9.55. The number of hydrogen-bond donors (Lipinski definition) is 4. The maximum atomic E-state index is 9.55. The minimum absolute atomic E-state index is 0.0126. The largest absolute Gasteiger partial charge is 0.506 e. The Morgan fingerprint density at radius 1 is 1.13 bits per heavy atom. The molecule has 4 nitrogen and oxygen atoms in total. The first kappa shape index (κ1) is 12.5. The molecule has 2 atom stereocenters. The van der Waals surface area contributed by atoms with Crippen molar-refractivity contribution < 1.29 is 20.4 Å². The van der Waals surface area contributed by atoms with Crippen LogP contribution in [0.3, 0.4) is 0 Å². The van der Waals surface area contributed by atoms with Gasteiger partial charge in [0, 0.05) is 11.6 Å². The van der Waals surface area contributed by atoms with Crippen LogP contribution in [0.4, 0.5) is 0 Å². The van der Waals surface area contributed by atoms with E-state index in [2.05, 4.69) is 0 Å². The van der Waals surface area contributed by atoms with Crippen LogP contribution in [0.2, 0.25) is 10.0 Å². The zero-order valence-corrected chi connectivity index (χ0v) is 9.07. The minimum atomic E-state index is -1.35. The molecule has 2 unspecified atom stereocenters. The monoisotopic (exact) mass is 252 g/mol. The molecular formula is C9H10Cl2O4. The van der Waals surface area contributed by atoms with Crippen LogP contribution in [0.25, 0.3) is 0 Å². The molecule has 1 aromatic carbocycles. The van der Waals surface area contributed by atoms with E-state index in [9.17, 15) is 15.3 Å². The van der Waals surface area contributed by atoms with E-state index in [1.165, 1.54) is 6.07 Å². The summed E-state index contributed by atoms with van der Waals surface area (Å²) in [6, 6.07) is 2.40. The van der Waals surface area contributed by atoms with Crippen LogP contribution in [0, 0.1) is 0 Å². The van der Waals surface area contributed by atoms with Crippen LogP contribution < -0.4 is 0 Å². The first-order chi connectivity index (χ1) is 6.97. The third-order valence-electron chi connectivity index (χ3n) is 1.94. The Hall–Kier alpha value is -0.520. The lowest BCUT2D eigenvalue weighted by atomic mass is 10.0. The average Bonchev–Trinajstić information content (AvgIpc) is 2.21. The van der Waals surface area contributed by atoms with Gasteiger partial charge in [0.05, 0.1) is 16.7 Å². The molecule has 0 aromatic heterocycles. The smallest absolute Gasteiger partial charge is 0.135 e. The second-order valence-corrected chi connectivity index (χ2v) is 3.83. The van der Waals surface area contributed by atoms with E-state index >= 15 is 0 Å². The van der Waals surface area contributed by atoms with E-state index in [4.69, 9.17) is 28.3 Å². The summed E-state index contributed by atoms with van der Waals surface area (Å²) < 4.78 is 0. The van der Waals surface area contributed by atoms with Gasteiger partial charge in [-0.2, -0.15) is 0 Å². The molecule has 0 bridgehead atoms. The molecule has 0 saturated carbocycles. The van der Waals surface area contributed by atoms with Crippen molar-refractivity contribution >= 4 is 23.2 Å². The Balaban J connectivity index is 3.09. The molecule has 6 heteroatoms. The van der Waals surface area contributed by atoms with E-state index < -0.39 is 18.8 Å². The van der Waals surface area contributed by atoms with E-state index in [1.807, 2.05) is 0 Å². The number of aromatic hydroxyl groups is 1. The molecule has 0 heterocycles. The lowest BCUT2D eigenvalue weighted by molar-refractivity contribution is -0.0152. The molecule has 0 aliphatic heterocycles. The number of aliphatic hydroxyl groups is 3. The van der Waals surface area contributed by atoms with Crippen LogP contribution >= 0.6 is 23.2 Å². The molecule has 4 N–H and O–H groups in total. The van der Waals surface area contributed by atoms with Gasteiger partial charge in [-0.25, -0.2) is 0 Å². The molecule has 1 rings (SSSR count). The van der Waals surface area contributed by atoms with Gasteiger partial charge in [0.25, 0.3) is 0 Å². The Labute approximate surface area is 96.3 Å². The SMILES string of the molecule is OCC(O)C(O)c1cc(Cl)c(O)cc1Cl. The highest BCUT2D eigenvalue weighted by atomic mass is 35.5. The predicted octanol–water partition coefficient (Wildman–Crippen LogP) is 1.09. The average molecular weight is 253 g/mol. The predicted molar refractivity (Wildman–Crippen MR) is 56.2 cm³/mol. The van der Waals surface area contributed by atoms with Crippen LogP contribution in [0.15, 0.2) is 12.1 Å². The molecule has 0 saturated heterocycles. The van der Waals surface area contributed by atoms with Crippen molar-refractivity contribution in [3.8, 4) is 5.75 Å². The van der Waals surface area contributed by atoms with Gasteiger partial charge in [-0.3, -0.25) is 0 Å². The maximum Gasteiger partial charge on any atom is 0.135 e. The summed E-state index contributed by atoms with van der Waals surface area (Å²) in [6.45, 7) is -0.601. The van der Waals surface area contributed by atoms with E-state index in [-0.39, 0.29) is 21.4 Å². The normalized spacial score (nSPS) is 15.0. The lowest BCUT2D eigenvalue weighted by Gasteiger charge is -2.17. The van der Waals surface area contributed by atoms with Crippen molar-refractivity contribution in [2.24, 2.45) is 0 Å². The fourth-order valence-corrected chi connectivity index (χ4v) is 1.53. The van der Waals surface area contributed by atoms with Crippen molar-refractivity contribution in [1.82, 2.24) is 0 Å². The van der Waals surface area contributed by atoms with Gasteiger partial charge in [0.15, 0.2) is 0 Å². The van der Waals surface area contributed by atoms with Crippen LogP contribution in [-0.2, 0) is 0 Å². The Bertz CT molecular complexity index is 356. The Morgan fingerprint density at radius 3 is 2.27 bits per heavy atom. The summed E-state index contributed by atoms with van der Waals surface area (Å²) >= 11 is 11.3. The second-order valence-electron chi connectivity index (χ2n) is 3.02. The van der Waals surface area contributed by atoms with Gasteiger partial charge in [-0.1, -0.05) is 23.2 Å². The van der Waals surface area contributed by atoms with Crippen LogP contribution in [0.1, 0.15) is 11.7 Å². The first-order valence-corrected chi connectivity index (χ1v) is 4.88. The lowest BCUT2D eigenvalue weighted by Crippen LogP contribution is -2.22. The fraction of sp³-hybridized carbons (Fsp3) is 0.333. The number of aliphatic hydroxyl groups excluding tert-OH is 3. The molecule has 1 aromatic rings. The highest BCUT2D eigenvalue weighted by molar-refractivity contribution is 6.34. The molecule has 0 amide bonds. The molecule has 15 heavy (non-hydrogen) atoms. The molecule has 0 aliphatic carbocycles. The van der Waals surface area contributed by atoms with Crippen molar-refractivity contribution in [3.05, 3.63) is 27.7 Å². The van der Waals surface area contributed by atoms with Crippen LogP contribution in [-0.4, -0.2) is 33.1 Å². The number of phenols is 1. The number of hydrogen-bond acceptors (Lipinski definition) is 4. The molecule has 0 radical (unpaired) electrons.